The summed E-state index contributed by atoms with van der Waals surface area (Å²) in [5.74, 6) is -1.59. The van der Waals surface area contributed by atoms with Gasteiger partial charge in [-0.15, -0.1) is 0 Å². The van der Waals surface area contributed by atoms with Crippen LogP contribution in [0.1, 0.15) is 41.8 Å². The van der Waals surface area contributed by atoms with Gasteiger partial charge < -0.3 is 19.7 Å². The number of Topliss-reactive ketones (excluding diaryl/α,β-unsaturated/α-hetero) is 1. The average molecular weight is 499 g/mol. The number of amides is 1. The Balaban J connectivity index is 1.69. The molecule has 1 aliphatic heterocycles. The third-order valence-corrected chi connectivity index (χ3v) is 6.60. The number of nitrogens with one attached hydrogen (secondary N) is 1. The highest BCUT2D eigenvalue weighted by atomic mass is 19.1. The van der Waals surface area contributed by atoms with Gasteiger partial charge >= 0.3 is 0 Å². The molecule has 2 heterocycles. The molecule has 37 heavy (non-hydrogen) atoms. The number of fused-ring (bicyclic) bond motifs is 1. The molecule has 1 atom stereocenters. The normalized spacial score (nSPS) is 17.1. The molecular weight excluding hydrogens is 471 g/mol. The first-order valence-electron chi connectivity index (χ1n) is 12.2. The summed E-state index contributed by atoms with van der Waals surface area (Å²) in [6.45, 7) is 4.47. The molecule has 0 saturated carbocycles. The number of para-hydroxylation sites is 1. The minimum absolute atomic E-state index is 0.00704. The van der Waals surface area contributed by atoms with Crippen molar-refractivity contribution in [3.8, 4) is 5.75 Å². The molecule has 0 bridgehead atoms. The third kappa shape index (κ3) is 4.48. The van der Waals surface area contributed by atoms with Gasteiger partial charge in [0.1, 0.15) is 17.3 Å². The lowest BCUT2D eigenvalue weighted by Gasteiger charge is -2.26. The van der Waals surface area contributed by atoms with E-state index in [9.17, 15) is 19.1 Å². The Kier molecular flexibility index (Phi) is 6.53. The maximum absolute atomic E-state index is 13.5. The summed E-state index contributed by atoms with van der Waals surface area (Å²) in [5, 5.41) is 12.3. The molecular formula is C30H27FN2O4. The van der Waals surface area contributed by atoms with E-state index in [4.69, 9.17) is 4.74 Å². The van der Waals surface area contributed by atoms with Crippen molar-refractivity contribution in [2.24, 2.45) is 0 Å². The number of halogens is 1. The Morgan fingerprint density at radius 3 is 2.57 bits per heavy atom. The van der Waals surface area contributed by atoms with E-state index in [1.807, 2.05) is 38.1 Å². The molecule has 1 fully saturated rings. The molecule has 1 aromatic heterocycles. The minimum Gasteiger partial charge on any atom is -0.507 e. The molecule has 1 unspecified atom stereocenters. The molecule has 6 nitrogen and oxygen atoms in total. The first-order chi connectivity index (χ1) is 17.9. The number of benzene rings is 3. The van der Waals surface area contributed by atoms with Crippen LogP contribution in [0.25, 0.3) is 16.7 Å². The Morgan fingerprint density at radius 1 is 1.05 bits per heavy atom. The van der Waals surface area contributed by atoms with Crippen molar-refractivity contribution < 1.29 is 23.8 Å². The number of hydrogen-bond acceptors (Lipinski definition) is 4. The van der Waals surface area contributed by atoms with E-state index >= 15 is 0 Å². The monoisotopic (exact) mass is 498 g/mol. The first kappa shape index (κ1) is 24.3. The number of aliphatic hydroxyl groups is 1. The Morgan fingerprint density at radius 2 is 1.81 bits per heavy atom. The van der Waals surface area contributed by atoms with Crippen LogP contribution in [0.4, 0.5) is 4.39 Å². The van der Waals surface area contributed by atoms with Gasteiger partial charge in [0.2, 0.25) is 0 Å². The van der Waals surface area contributed by atoms with E-state index in [1.165, 1.54) is 17.0 Å². The van der Waals surface area contributed by atoms with Crippen molar-refractivity contribution >= 4 is 28.4 Å². The third-order valence-electron chi connectivity index (χ3n) is 6.60. The summed E-state index contributed by atoms with van der Waals surface area (Å²) in [6, 6.07) is 19.5. The lowest BCUT2D eigenvalue weighted by molar-refractivity contribution is -0.140. The zero-order chi connectivity index (χ0) is 26.1. The lowest BCUT2D eigenvalue weighted by atomic mass is 9.93. The number of likely N-dealkylation sites (tertiary alicyclic amines) is 1. The standard InChI is InChI=1S/C30H27FN2O4/c1-3-15-37-22-8-6-7-20(16-22)28(34)26-27(25-18(2)32-24-10-5-4-9-23(24)25)33(30(36)29(26)35)17-19-11-13-21(31)14-12-19/h4-14,16,27,32,34H,3,15,17H2,1-2H3/b28-26+. The number of aryl methyl sites for hydroxylation is 1. The molecule has 0 aliphatic carbocycles. The van der Waals surface area contributed by atoms with Crippen LogP contribution in [0, 0.1) is 12.7 Å². The van der Waals surface area contributed by atoms with Gasteiger partial charge in [0.25, 0.3) is 11.7 Å². The molecule has 3 aromatic carbocycles. The number of rotatable bonds is 7. The van der Waals surface area contributed by atoms with Gasteiger partial charge in [-0.1, -0.05) is 49.4 Å². The van der Waals surface area contributed by atoms with E-state index in [0.717, 1.165) is 28.6 Å². The Hall–Kier alpha value is -4.39. The lowest BCUT2D eigenvalue weighted by Crippen LogP contribution is -2.29. The van der Waals surface area contributed by atoms with Crippen molar-refractivity contribution in [3.05, 3.63) is 107 Å². The topological polar surface area (TPSA) is 82.6 Å². The SMILES string of the molecule is CCCOc1cccc(/C(O)=C2\C(=O)C(=O)N(Cc3ccc(F)cc3)C2c2c(C)[nH]c3ccccc23)c1. The van der Waals surface area contributed by atoms with Gasteiger partial charge in [0.15, 0.2) is 0 Å². The van der Waals surface area contributed by atoms with Crippen LogP contribution in [-0.4, -0.2) is 33.3 Å². The van der Waals surface area contributed by atoms with Gasteiger partial charge in [0.05, 0.1) is 18.2 Å². The number of H-pyrrole nitrogens is 1. The highest BCUT2D eigenvalue weighted by molar-refractivity contribution is 6.46. The predicted octanol–water partition coefficient (Wildman–Crippen LogP) is 6.03. The fraction of sp³-hybridized carbons (Fsp3) is 0.200. The van der Waals surface area contributed by atoms with Crippen LogP contribution >= 0.6 is 0 Å². The predicted molar refractivity (Wildman–Crippen MR) is 140 cm³/mol. The molecule has 0 radical (unpaired) electrons. The van der Waals surface area contributed by atoms with E-state index in [2.05, 4.69) is 4.98 Å². The number of carbonyl (C=O) groups is 2. The van der Waals surface area contributed by atoms with Crippen LogP contribution in [0.5, 0.6) is 5.75 Å². The van der Waals surface area contributed by atoms with E-state index < -0.39 is 17.7 Å². The maximum Gasteiger partial charge on any atom is 0.295 e. The fourth-order valence-corrected chi connectivity index (χ4v) is 4.89. The van der Waals surface area contributed by atoms with Crippen LogP contribution in [-0.2, 0) is 16.1 Å². The van der Waals surface area contributed by atoms with Crippen LogP contribution in [0.15, 0.2) is 78.4 Å². The second-order valence-electron chi connectivity index (χ2n) is 9.14. The fourth-order valence-electron chi connectivity index (χ4n) is 4.89. The largest absolute Gasteiger partial charge is 0.507 e. The van der Waals surface area contributed by atoms with Gasteiger partial charge in [-0.2, -0.15) is 0 Å². The van der Waals surface area contributed by atoms with Crippen molar-refractivity contribution in [2.45, 2.75) is 32.9 Å². The summed E-state index contributed by atoms with van der Waals surface area (Å²) >= 11 is 0. The summed E-state index contributed by atoms with van der Waals surface area (Å²) in [5.41, 5.74) is 3.43. The van der Waals surface area contributed by atoms with Crippen molar-refractivity contribution in [2.75, 3.05) is 6.61 Å². The van der Waals surface area contributed by atoms with E-state index in [-0.39, 0.29) is 23.7 Å². The van der Waals surface area contributed by atoms with Crippen LogP contribution < -0.4 is 4.74 Å². The smallest absolute Gasteiger partial charge is 0.295 e. The van der Waals surface area contributed by atoms with Crippen molar-refractivity contribution in [1.82, 2.24) is 9.88 Å². The number of ether oxygens (including phenoxy) is 1. The molecule has 4 aromatic rings. The number of hydrogen-bond donors (Lipinski definition) is 2. The summed E-state index contributed by atoms with van der Waals surface area (Å²) < 4.78 is 19.3. The Bertz CT molecular complexity index is 1520. The number of aromatic nitrogens is 1. The first-order valence-corrected chi connectivity index (χ1v) is 12.2. The number of carbonyl (C=O) groups excluding carboxylic acids is 2. The molecule has 7 heteroatoms. The molecule has 0 spiro atoms. The van der Waals surface area contributed by atoms with Gasteiger partial charge in [-0.05, 0) is 49.2 Å². The second-order valence-corrected chi connectivity index (χ2v) is 9.14. The van der Waals surface area contributed by atoms with E-state index in [1.54, 1.807) is 36.4 Å². The van der Waals surface area contributed by atoms with Crippen molar-refractivity contribution in [3.63, 3.8) is 0 Å². The molecule has 1 amide bonds. The van der Waals surface area contributed by atoms with Gasteiger partial charge in [-0.25, -0.2) is 4.39 Å². The zero-order valence-electron chi connectivity index (χ0n) is 20.6. The van der Waals surface area contributed by atoms with Crippen LogP contribution in [0.2, 0.25) is 0 Å². The second kappa shape index (κ2) is 9.93. The summed E-state index contributed by atoms with van der Waals surface area (Å²) in [6.07, 6.45) is 0.824. The molecule has 1 aliphatic rings. The number of ketones is 1. The van der Waals surface area contributed by atoms with Gasteiger partial charge in [-0.3, -0.25) is 9.59 Å². The number of aromatic amines is 1. The molecule has 1 saturated heterocycles. The summed E-state index contributed by atoms with van der Waals surface area (Å²) in [4.78, 5) is 31.7. The number of nitrogens with zero attached hydrogens (tertiary/aromatic N) is 1. The highest BCUT2D eigenvalue weighted by Gasteiger charge is 2.47. The molecule has 188 valence electrons. The number of aliphatic hydroxyl groups excluding tert-OH is 1. The van der Waals surface area contributed by atoms with Crippen molar-refractivity contribution in [1.29, 1.82) is 0 Å². The van der Waals surface area contributed by atoms with Crippen LogP contribution in [0.3, 0.4) is 0 Å². The average Bonchev–Trinajstić information content (AvgIpc) is 3.36. The van der Waals surface area contributed by atoms with E-state index in [0.29, 0.717) is 23.5 Å². The Labute approximate surface area is 214 Å². The maximum atomic E-state index is 13.5. The zero-order valence-corrected chi connectivity index (χ0v) is 20.6. The molecule has 5 rings (SSSR count). The molecule has 2 N–H and O–H groups in total. The van der Waals surface area contributed by atoms with Gasteiger partial charge in [0, 0.05) is 34.3 Å². The quantitative estimate of drug-likeness (QED) is 0.185. The highest BCUT2D eigenvalue weighted by Crippen LogP contribution is 2.44. The minimum atomic E-state index is -0.846. The summed E-state index contributed by atoms with van der Waals surface area (Å²) in [7, 11) is 0.